The molecule has 0 radical (unpaired) electrons. The predicted molar refractivity (Wildman–Crippen MR) is 133 cm³/mol. The Morgan fingerprint density at radius 2 is 1.79 bits per heavy atom. The van der Waals surface area contributed by atoms with E-state index in [-0.39, 0.29) is 17.9 Å². The van der Waals surface area contributed by atoms with Gasteiger partial charge in [0.1, 0.15) is 11.5 Å². The van der Waals surface area contributed by atoms with Crippen molar-refractivity contribution in [3.05, 3.63) is 60.3 Å². The second-order valence-corrected chi connectivity index (χ2v) is 9.87. The predicted octanol–water partition coefficient (Wildman–Crippen LogP) is 5.34. The number of rotatable bonds is 5. The molecule has 1 N–H and O–H groups in total. The highest BCUT2D eigenvalue weighted by Gasteiger charge is 2.39. The quantitative estimate of drug-likeness (QED) is 0.563. The number of hydrogen-bond donors (Lipinski definition) is 1. The minimum Gasteiger partial charge on any atom is -0.456 e. The number of piperidine rings is 1. The van der Waals surface area contributed by atoms with Crippen LogP contribution in [0.5, 0.6) is 11.5 Å². The van der Waals surface area contributed by atoms with Gasteiger partial charge >= 0.3 is 0 Å². The Morgan fingerprint density at radius 1 is 1.00 bits per heavy atom. The summed E-state index contributed by atoms with van der Waals surface area (Å²) in [5.74, 6) is 2.13. The number of amides is 1. The van der Waals surface area contributed by atoms with Crippen LogP contribution in [0.1, 0.15) is 50.6 Å². The number of benzene rings is 2. The Labute approximate surface area is 200 Å². The molecular formula is C28H32N4O2. The second kappa shape index (κ2) is 8.91. The maximum atomic E-state index is 13.2. The number of nitrogens with one attached hydrogen (secondary N) is 1. The molecule has 6 nitrogen and oxygen atoms in total. The van der Waals surface area contributed by atoms with Crippen molar-refractivity contribution in [2.75, 3.05) is 18.0 Å². The van der Waals surface area contributed by atoms with E-state index in [1.54, 1.807) is 0 Å². The van der Waals surface area contributed by atoms with Crippen LogP contribution in [0.4, 0.5) is 5.69 Å². The highest BCUT2D eigenvalue weighted by molar-refractivity contribution is 5.99. The summed E-state index contributed by atoms with van der Waals surface area (Å²) in [6, 6.07) is 16.9. The SMILES string of the molecule is CC1CCc2c(ccc(-c3ccnn3C3CCNCC3)c2Oc2ccccc2)N1C(=O)C1CC1. The number of fused-ring (bicyclic) bond motifs is 1. The molecule has 2 aliphatic heterocycles. The van der Waals surface area contributed by atoms with E-state index in [1.165, 1.54) is 0 Å². The van der Waals surface area contributed by atoms with Crippen molar-refractivity contribution in [2.45, 2.75) is 57.5 Å². The van der Waals surface area contributed by atoms with Crippen LogP contribution in [-0.4, -0.2) is 34.8 Å². The number of carbonyl (C=O) groups excluding carboxylic acids is 1. The van der Waals surface area contributed by atoms with Crippen molar-refractivity contribution in [1.82, 2.24) is 15.1 Å². The van der Waals surface area contributed by atoms with Crippen LogP contribution < -0.4 is 15.0 Å². The first-order valence-electron chi connectivity index (χ1n) is 12.7. The Hall–Kier alpha value is -3.12. The molecule has 1 unspecified atom stereocenters. The number of aromatic nitrogens is 2. The zero-order valence-corrected chi connectivity index (χ0v) is 19.7. The van der Waals surface area contributed by atoms with E-state index in [4.69, 9.17) is 9.84 Å². The summed E-state index contributed by atoms with van der Waals surface area (Å²) in [6.07, 6.45) is 7.88. The fraction of sp³-hybridized carbons (Fsp3) is 0.429. The van der Waals surface area contributed by atoms with Gasteiger partial charge < -0.3 is 15.0 Å². The molecule has 0 spiro atoms. The highest BCUT2D eigenvalue weighted by atomic mass is 16.5. The first-order valence-corrected chi connectivity index (χ1v) is 12.7. The van der Waals surface area contributed by atoms with Crippen LogP contribution in [0.2, 0.25) is 0 Å². The van der Waals surface area contributed by atoms with Gasteiger partial charge in [0, 0.05) is 29.3 Å². The maximum Gasteiger partial charge on any atom is 0.230 e. The molecule has 0 bridgehead atoms. The Kier molecular flexibility index (Phi) is 5.61. The molecular weight excluding hydrogens is 424 g/mol. The molecule has 3 aromatic rings. The van der Waals surface area contributed by atoms with Crippen LogP contribution in [0, 0.1) is 5.92 Å². The summed E-state index contributed by atoms with van der Waals surface area (Å²) in [7, 11) is 0. The van der Waals surface area contributed by atoms with Crippen LogP contribution in [0.25, 0.3) is 11.3 Å². The van der Waals surface area contributed by atoms with Gasteiger partial charge in [0.2, 0.25) is 5.91 Å². The average molecular weight is 457 g/mol. The van der Waals surface area contributed by atoms with Gasteiger partial charge in [-0.2, -0.15) is 5.10 Å². The molecule has 176 valence electrons. The number of ether oxygens (including phenoxy) is 1. The molecule has 34 heavy (non-hydrogen) atoms. The third-order valence-corrected chi connectivity index (χ3v) is 7.48. The van der Waals surface area contributed by atoms with Crippen LogP contribution in [0.15, 0.2) is 54.7 Å². The second-order valence-electron chi connectivity index (χ2n) is 9.87. The van der Waals surface area contributed by atoms with Gasteiger partial charge in [-0.15, -0.1) is 0 Å². The lowest BCUT2D eigenvalue weighted by atomic mass is 9.92. The molecule has 1 atom stereocenters. The van der Waals surface area contributed by atoms with Gasteiger partial charge in [-0.05, 0) is 88.9 Å². The van der Waals surface area contributed by atoms with Crippen LogP contribution in [-0.2, 0) is 11.2 Å². The Balaban J connectivity index is 1.48. The summed E-state index contributed by atoms with van der Waals surface area (Å²) < 4.78 is 8.80. The normalized spacial score (nSPS) is 20.7. The van der Waals surface area contributed by atoms with E-state index in [0.717, 1.165) is 85.6 Å². The van der Waals surface area contributed by atoms with Gasteiger partial charge in [-0.25, -0.2) is 0 Å². The zero-order valence-electron chi connectivity index (χ0n) is 19.7. The van der Waals surface area contributed by atoms with Gasteiger partial charge in [0.05, 0.1) is 17.4 Å². The third-order valence-electron chi connectivity index (χ3n) is 7.48. The molecule has 1 saturated heterocycles. The average Bonchev–Trinajstić information content (AvgIpc) is 3.62. The minimum atomic E-state index is 0.188. The lowest BCUT2D eigenvalue weighted by Crippen LogP contribution is -2.43. The first kappa shape index (κ1) is 21.4. The molecule has 6 heteroatoms. The van der Waals surface area contributed by atoms with E-state index in [2.05, 4.69) is 35.1 Å². The largest absolute Gasteiger partial charge is 0.456 e. The lowest BCUT2D eigenvalue weighted by Gasteiger charge is -2.37. The molecule has 2 fully saturated rings. The number of carbonyl (C=O) groups is 1. The minimum absolute atomic E-state index is 0.188. The molecule has 6 rings (SSSR count). The summed E-state index contributed by atoms with van der Waals surface area (Å²) in [5, 5.41) is 8.18. The fourth-order valence-electron chi connectivity index (χ4n) is 5.46. The topological polar surface area (TPSA) is 59.4 Å². The summed E-state index contributed by atoms with van der Waals surface area (Å²) in [6.45, 7) is 4.19. The van der Waals surface area contributed by atoms with Gasteiger partial charge in [0.15, 0.2) is 0 Å². The van der Waals surface area contributed by atoms with Gasteiger partial charge in [-0.1, -0.05) is 18.2 Å². The molecule has 1 saturated carbocycles. The third kappa shape index (κ3) is 3.90. The zero-order chi connectivity index (χ0) is 23.1. The standard InChI is InChI=1S/C28H32N4O2/c1-19-7-10-23-25(31(19)28(33)20-8-9-20)12-11-24(27(23)34-22-5-3-2-4-6-22)26-15-18-30-32(26)21-13-16-29-17-14-21/h2-6,11-12,15,18-21,29H,7-10,13-14,16-17H2,1H3. The van der Waals surface area contributed by atoms with Crippen molar-refractivity contribution in [1.29, 1.82) is 0 Å². The highest BCUT2D eigenvalue weighted by Crippen LogP contribution is 2.46. The summed E-state index contributed by atoms with van der Waals surface area (Å²) in [4.78, 5) is 15.3. The Morgan fingerprint density at radius 3 is 2.56 bits per heavy atom. The van der Waals surface area contributed by atoms with Crippen molar-refractivity contribution >= 4 is 11.6 Å². The van der Waals surface area contributed by atoms with E-state index < -0.39 is 0 Å². The van der Waals surface area contributed by atoms with Crippen molar-refractivity contribution < 1.29 is 9.53 Å². The molecule has 2 aromatic carbocycles. The summed E-state index contributed by atoms with van der Waals surface area (Å²) >= 11 is 0. The van der Waals surface area contributed by atoms with E-state index in [1.807, 2.05) is 41.4 Å². The molecule has 3 aliphatic rings. The monoisotopic (exact) mass is 456 g/mol. The number of hydrogen-bond acceptors (Lipinski definition) is 4. The molecule has 3 heterocycles. The lowest BCUT2D eigenvalue weighted by molar-refractivity contribution is -0.120. The maximum absolute atomic E-state index is 13.2. The molecule has 1 aliphatic carbocycles. The van der Waals surface area contributed by atoms with Crippen molar-refractivity contribution in [3.63, 3.8) is 0 Å². The van der Waals surface area contributed by atoms with Crippen molar-refractivity contribution in [3.8, 4) is 22.8 Å². The van der Waals surface area contributed by atoms with Gasteiger partial charge in [-0.3, -0.25) is 9.48 Å². The first-order chi connectivity index (χ1) is 16.7. The van der Waals surface area contributed by atoms with E-state index >= 15 is 0 Å². The van der Waals surface area contributed by atoms with E-state index in [0.29, 0.717) is 6.04 Å². The van der Waals surface area contributed by atoms with Gasteiger partial charge in [0.25, 0.3) is 0 Å². The number of para-hydroxylation sites is 1. The van der Waals surface area contributed by atoms with Crippen molar-refractivity contribution in [2.24, 2.45) is 5.92 Å². The molecule has 1 amide bonds. The fourth-order valence-corrected chi connectivity index (χ4v) is 5.46. The summed E-state index contributed by atoms with van der Waals surface area (Å²) in [5.41, 5.74) is 4.27. The molecule has 1 aromatic heterocycles. The number of nitrogens with zero attached hydrogens (tertiary/aromatic N) is 3. The van der Waals surface area contributed by atoms with E-state index in [9.17, 15) is 4.79 Å². The smallest absolute Gasteiger partial charge is 0.230 e. The Bertz CT molecular complexity index is 1180. The van der Waals surface area contributed by atoms with Crippen LogP contribution >= 0.6 is 0 Å². The van der Waals surface area contributed by atoms with Crippen LogP contribution in [0.3, 0.4) is 0 Å². The number of anilines is 1.